The van der Waals surface area contributed by atoms with Crippen LogP contribution in [0, 0.1) is 5.82 Å². The van der Waals surface area contributed by atoms with Crippen molar-refractivity contribution in [2.24, 2.45) is 0 Å². The molecule has 1 heterocycles. The van der Waals surface area contributed by atoms with E-state index in [1.54, 1.807) is 17.8 Å². The molecule has 1 saturated carbocycles. The van der Waals surface area contributed by atoms with Gasteiger partial charge in [-0.2, -0.15) is 0 Å². The lowest BCUT2D eigenvalue weighted by Crippen LogP contribution is -2.01. The van der Waals surface area contributed by atoms with Crippen molar-refractivity contribution in [3.05, 3.63) is 70.8 Å². The second-order valence-corrected chi connectivity index (χ2v) is 7.16. The molecule has 122 valence electrons. The van der Waals surface area contributed by atoms with Gasteiger partial charge >= 0.3 is 0 Å². The van der Waals surface area contributed by atoms with Crippen LogP contribution in [0.1, 0.15) is 30.1 Å². The summed E-state index contributed by atoms with van der Waals surface area (Å²) in [6, 6.07) is 14.6. The molecule has 0 saturated heterocycles. The average Bonchev–Trinajstić information content (AvgIpc) is 3.35. The van der Waals surface area contributed by atoms with E-state index in [0.29, 0.717) is 16.7 Å². The first-order chi connectivity index (χ1) is 11.7. The number of thioether (sulfide) groups is 1. The van der Waals surface area contributed by atoms with E-state index >= 15 is 0 Å². The normalized spacial score (nSPS) is 14.1. The topological polar surface area (TPSA) is 30.7 Å². The van der Waals surface area contributed by atoms with Crippen molar-refractivity contribution in [2.75, 3.05) is 0 Å². The van der Waals surface area contributed by atoms with E-state index in [4.69, 9.17) is 11.6 Å². The van der Waals surface area contributed by atoms with Gasteiger partial charge in [-0.15, -0.1) is 10.2 Å². The van der Waals surface area contributed by atoms with Crippen molar-refractivity contribution in [3.63, 3.8) is 0 Å². The van der Waals surface area contributed by atoms with Gasteiger partial charge in [0.15, 0.2) is 5.16 Å². The minimum absolute atomic E-state index is 0.322. The number of halogens is 2. The molecular weight excluding hydrogens is 345 g/mol. The zero-order valence-electron chi connectivity index (χ0n) is 12.8. The summed E-state index contributed by atoms with van der Waals surface area (Å²) in [5.74, 6) is 1.82. The van der Waals surface area contributed by atoms with Crippen molar-refractivity contribution < 1.29 is 4.39 Å². The summed E-state index contributed by atoms with van der Waals surface area (Å²) >= 11 is 7.69. The Morgan fingerprint density at radius 2 is 1.92 bits per heavy atom. The Morgan fingerprint density at radius 3 is 2.62 bits per heavy atom. The van der Waals surface area contributed by atoms with Crippen LogP contribution in [-0.2, 0) is 5.75 Å². The molecule has 0 radical (unpaired) electrons. The number of para-hydroxylation sites is 1. The molecule has 1 aromatic heterocycles. The van der Waals surface area contributed by atoms with Gasteiger partial charge in [0, 0.05) is 22.4 Å². The third kappa shape index (κ3) is 3.19. The summed E-state index contributed by atoms with van der Waals surface area (Å²) in [6.45, 7) is 0. The summed E-state index contributed by atoms with van der Waals surface area (Å²) < 4.78 is 15.3. The molecule has 24 heavy (non-hydrogen) atoms. The van der Waals surface area contributed by atoms with Gasteiger partial charge in [-0.3, -0.25) is 4.57 Å². The zero-order chi connectivity index (χ0) is 16.5. The van der Waals surface area contributed by atoms with Crippen molar-refractivity contribution >= 4 is 23.4 Å². The van der Waals surface area contributed by atoms with E-state index < -0.39 is 0 Å². The van der Waals surface area contributed by atoms with Crippen molar-refractivity contribution in [1.82, 2.24) is 14.8 Å². The quantitative estimate of drug-likeness (QED) is 0.584. The van der Waals surface area contributed by atoms with Crippen LogP contribution in [0.15, 0.2) is 53.7 Å². The fourth-order valence-electron chi connectivity index (χ4n) is 2.58. The van der Waals surface area contributed by atoms with Crippen LogP contribution in [0.5, 0.6) is 0 Å². The number of rotatable bonds is 5. The van der Waals surface area contributed by atoms with Crippen molar-refractivity contribution in [3.8, 4) is 5.69 Å². The second kappa shape index (κ2) is 6.57. The van der Waals surface area contributed by atoms with E-state index in [1.807, 2.05) is 18.2 Å². The van der Waals surface area contributed by atoms with Crippen LogP contribution in [0.2, 0.25) is 5.02 Å². The fraction of sp³-hybridized carbons (Fsp3) is 0.222. The number of aromatic nitrogens is 3. The molecule has 3 nitrogen and oxygen atoms in total. The first-order valence-electron chi connectivity index (χ1n) is 7.80. The summed E-state index contributed by atoms with van der Waals surface area (Å²) in [5.41, 5.74) is 1.95. The lowest BCUT2D eigenvalue weighted by molar-refractivity contribution is 0.627. The minimum atomic E-state index is -0.322. The predicted molar refractivity (Wildman–Crippen MR) is 94.3 cm³/mol. The van der Waals surface area contributed by atoms with Crippen LogP contribution in [0.25, 0.3) is 5.69 Å². The lowest BCUT2D eigenvalue weighted by atomic mass is 10.2. The van der Waals surface area contributed by atoms with Crippen LogP contribution >= 0.6 is 23.4 Å². The Bertz CT molecular complexity index is 862. The number of hydrogen-bond acceptors (Lipinski definition) is 3. The maximum absolute atomic E-state index is 13.2. The van der Waals surface area contributed by atoms with Gasteiger partial charge in [0.2, 0.25) is 0 Å². The van der Waals surface area contributed by atoms with Crippen molar-refractivity contribution in [2.45, 2.75) is 29.7 Å². The Morgan fingerprint density at radius 1 is 1.12 bits per heavy atom. The van der Waals surface area contributed by atoms with E-state index in [9.17, 15) is 4.39 Å². The van der Waals surface area contributed by atoms with Crippen LogP contribution in [0.4, 0.5) is 4.39 Å². The van der Waals surface area contributed by atoms with E-state index in [2.05, 4.69) is 26.9 Å². The standard InChI is InChI=1S/C18H15ClFN3S/c19-16-10-14(20)9-8-13(16)11-24-18-22-21-17(12-6-7-12)23(18)15-4-2-1-3-5-15/h1-5,8-10,12H,6-7,11H2. The Balaban J connectivity index is 1.63. The summed E-state index contributed by atoms with van der Waals surface area (Å²) in [5, 5.41) is 10.1. The van der Waals surface area contributed by atoms with Crippen LogP contribution in [0.3, 0.4) is 0 Å². The van der Waals surface area contributed by atoms with E-state index in [1.165, 1.54) is 25.0 Å². The molecule has 0 spiro atoms. The highest BCUT2D eigenvalue weighted by molar-refractivity contribution is 7.98. The molecule has 1 aliphatic carbocycles. The number of nitrogens with zero attached hydrogens (tertiary/aromatic N) is 3. The monoisotopic (exact) mass is 359 g/mol. The zero-order valence-corrected chi connectivity index (χ0v) is 14.4. The minimum Gasteiger partial charge on any atom is -0.274 e. The molecule has 2 aromatic carbocycles. The van der Waals surface area contributed by atoms with E-state index in [0.717, 1.165) is 22.2 Å². The van der Waals surface area contributed by atoms with Gasteiger partial charge in [0.05, 0.1) is 0 Å². The molecule has 0 amide bonds. The molecule has 0 unspecified atom stereocenters. The molecule has 0 bridgehead atoms. The molecule has 6 heteroatoms. The fourth-order valence-corrected chi connectivity index (χ4v) is 3.86. The summed E-state index contributed by atoms with van der Waals surface area (Å²) in [7, 11) is 0. The first kappa shape index (κ1) is 15.7. The molecule has 4 rings (SSSR count). The largest absolute Gasteiger partial charge is 0.274 e. The predicted octanol–water partition coefficient (Wildman–Crippen LogP) is 5.23. The molecule has 0 aliphatic heterocycles. The highest BCUT2D eigenvalue weighted by atomic mass is 35.5. The van der Waals surface area contributed by atoms with Gasteiger partial charge in [0.25, 0.3) is 0 Å². The third-order valence-corrected chi connectivity index (χ3v) is 5.32. The van der Waals surface area contributed by atoms with Crippen LogP contribution < -0.4 is 0 Å². The molecule has 1 fully saturated rings. The van der Waals surface area contributed by atoms with Gasteiger partial charge in [-0.1, -0.05) is 47.6 Å². The first-order valence-corrected chi connectivity index (χ1v) is 9.16. The molecule has 3 aromatic rings. The molecule has 0 atom stereocenters. The highest BCUT2D eigenvalue weighted by Gasteiger charge is 2.31. The Kier molecular flexibility index (Phi) is 4.29. The molecular formula is C18H15ClFN3S. The second-order valence-electron chi connectivity index (χ2n) is 5.81. The molecule has 0 N–H and O–H groups in total. The molecule has 1 aliphatic rings. The summed E-state index contributed by atoms with van der Waals surface area (Å²) in [6.07, 6.45) is 2.33. The SMILES string of the molecule is Fc1ccc(CSc2nnc(C3CC3)n2-c2ccccc2)c(Cl)c1. The maximum Gasteiger partial charge on any atom is 0.196 e. The maximum atomic E-state index is 13.2. The van der Waals surface area contributed by atoms with Gasteiger partial charge in [0.1, 0.15) is 11.6 Å². The Labute approximate surface area is 148 Å². The Hall–Kier alpha value is -1.85. The van der Waals surface area contributed by atoms with Crippen LogP contribution in [-0.4, -0.2) is 14.8 Å². The third-order valence-electron chi connectivity index (χ3n) is 3.99. The summed E-state index contributed by atoms with van der Waals surface area (Å²) in [4.78, 5) is 0. The van der Waals surface area contributed by atoms with Crippen molar-refractivity contribution in [1.29, 1.82) is 0 Å². The highest BCUT2D eigenvalue weighted by Crippen LogP contribution is 2.41. The lowest BCUT2D eigenvalue weighted by Gasteiger charge is -2.10. The number of hydrogen-bond donors (Lipinski definition) is 0. The van der Waals surface area contributed by atoms with E-state index in [-0.39, 0.29) is 5.82 Å². The smallest absolute Gasteiger partial charge is 0.196 e. The van der Waals surface area contributed by atoms with Gasteiger partial charge < -0.3 is 0 Å². The van der Waals surface area contributed by atoms with Gasteiger partial charge in [-0.25, -0.2) is 4.39 Å². The number of benzene rings is 2. The average molecular weight is 360 g/mol. The van der Waals surface area contributed by atoms with Gasteiger partial charge in [-0.05, 0) is 42.7 Å².